The first-order valence-corrected chi connectivity index (χ1v) is 8.55. The molecule has 2 heterocycles. The van der Waals surface area contributed by atoms with Gasteiger partial charge in [0.15, 0.2) is 0 Å². The summed E-state index contributed by atoms with van der Waals surface area (Å²) >= 11 is 0. The minimum Gasteiger partial charge on any atom is -0.478 e. The molecule has 0 saturated heterocycles. The fraction of sp³-hybridized carbons (Fsp3) is 0.238. The standard InChI is InChI=1S/C21H22N2O2/c24-21(25)18-10-6-14-23(16-18)15-7-11-19(17-8-2-1-3-9-17)20-12-4-5-13-22-20/h1-5,8-13H,6-7,14-16H2,(H,24,25). The van der Waals surface area contributed by atoms with Crippen molar-refractivity contribution in [3.63, 3.8) is 0 Å². The zero-order valence-corrected chi connectivity index (χ0v) is 14.1. The van der Waals surface area contributed by atoms with E-state index in [9.17, 15) is 4.79 Å². The maximum absolute atomic E-state index is 11.1. The lowest BCUT2D eigenvalue weighted by Gasteiger charge is -2.25. The smallest absolute Gasteiger partial charge is 0.332 e. The maximum Gasteiger partial charge on any atom is 0.332 e. The van der Waals surface area contributed by atoms with Gasteiger partial charge in [0, 0.05) is 37.0 Å². The molecule has 0 bridgehead atoms. The van der Waals surface area contributed by atoms with Crippen molar-refractivity contribution in [3.05, 3.63) is 83.7 Å². The normalized spacial score (nSPS) is 15.7. The van der Waals surface area contributed by atoms with Gasteiger partial charge in [-0.15, -0.1) is 0 Å². The summed E-state index contributed by atoms with van der Waals surface area (Å²) in [7, 11) is 0. The van der Waals surface area contributed by atoms with Crippen LogP contribution in [0.1, 0.15) is 24.1 Å². The first-order valence-electron chi connectivity index (χ1n) is 8.55. The van der Waals surface area contributed by atoms with Crippen molar-refractivity contribution in [2.24, 2.45) is 0 Å². The van der Waals surface area contributed by atoms with Crippen molar-refractivity contribution < 1.29 is 9.90 Å². The molecule has 1 aliphatic heterocycles. The van der Waals surface area contributed by atoms with Crippen molar-refractivity contribution >= 4 is 11.5 Å². The summed E-state index contributed by atoms with van der Waals surface area (Å²) in [4.78, 5) is 17.8. The molecule has 1 aromatic heterocycles. The van der Waals surface area contributed by atoms with Crippen LogP contribution < -0.4 is 0 Å². The van der Waals surface area contributed by atoms with Gasteiger partial charge in [0.25, 0.3) is 0 Å². The molecule has 0 aliphatic carbocycles. The fourth-order valence-corrected chi connectivity index (χ4v) is 3.05. The second-order valence-corrected chi connectivity index (χ2v) is 6.09. The quantitative estimate of drug-likeness (QED) is 0.877. The average molecular weight is 334 g/mol. The summed E-state index contributed by atoms with van der Waals surface area (Å²) in [5.74, 6) is -0.807. The SMILES string of the molecule is O=C(O)C1=CCCN(CCC=C(c2ccccc2)c2ccccn2)C1. The first-order chi connectivity index (χ1) is 12.2. The molecule has 1 N–H and O–H groups in total. The lowest BCUT2D eigenvalue weighted by Crippen LogP contribution is -2.32. The minimum absolute atomic E-state index is 0.503. The third kappa shape index (κ3) is 4.64. The van der Waals surface area contributed by atoms with Gasteiger partial charge in [-0.2, -0.15) is 0 Å². The summed E-state index contributed by atoms with van der Waals surface area (Å²) < 4.78 is 0. The van der Waals surface area contributed by atoms with E-state index in [1.165, 1.54) is 0 Å². The van der Waals surface area contributed by atoms with Gasteiger partial charge in [0.2, 0.25) is 0 Å². The van der Waals surface area contributed by atoms with Crippen LogP contribution in [0.3, 0.4) is 0 Å². The number of rotatable bonds is 6. The largest absolute Gasteiger partial charge is 0.478 e. The third-order valence-corrected chi connectivity index (χ3v) is 4.32. The Balaban J connectivity index is 1.72. The van der Waals surface area contributed by atoms with Crippen molar-refractivity contribution in [2.45, 2.75) is 12.8 Å². The molecule has 0 atom stereocenters. The molecule has 0 spiro atoms. The fourth-order valence-electron chi connectivity index (χ4n) is 3.05. The van der Waals surface area contributed by atoms with Crippen LogP contribution in [-0.2, 0) is 4.79 Å². The van der Waals surface area contributed by atoms with E-state index in [2.05, 4.69) is 28.1 Å². The number of carboxylic acids is 1. The molecule has 1 aliphatic rings. The summed E-state index contributed by atoms with van der Waals surface area (Å²) in [6.07, 6.45) is 7.50. The molecule has 1 aromatic carbocycles. The van der Waals surface area contributed by atoms with E-state index in [0.717, 1.165) is 42.8 Å². The lowest BCUT2D eigenvalue weighted by molar-refractivity contribution is -0.133. The highest BCUT2D eigenvalue weighted by Crippen LogP contribution is 2.22. The van der Waals surface area contributed by atoms with Gasteiger partial charge < -0.3 is 5.11 Å². The predicted molar refractivity (Wildman–Crippen MR) is 99.2 cm³/mol. The third-order valence-electron chi connectivity index (χ3n) is 4.32. The van der Waals surface area contributed by atoms with E-state index in [-0.39, 0.29) is 0 Å². The summed E-state index contributed by atoms with van der Waals surface area (Å²) in [6.45, 7) is 2.27. The Morgan fingerprint density at radius 3 is 2.68 bits per heavy atom. The van der Waals surface area contributed by atoms with Crippen molar-refractivity contribution in [3.8, 4) is 0 Å². The van der Waals surface area contributed by atoms with Crippen LogP contribution in [0, 0.1) is 0 Å². The van der Waals surface area contributed by atoms with Gasteiger partial charge in [-0.3, -0.25) is 9.88 Å². The van der Waals surface area contributed by atoms with E-state index in [1.807, 2.05) is 42.5 Å². The van der Waals surface area contributed by atoms with E-state index < -0.39 is 5.97 Å². The highest BCUT2D eigenvalue weighted by Gasteiger charge is 2.16. The van der Waals surface area contributed by atoms with Crippen LogP contribution in [0.5, 0.6) is 0 Å². The maximum atomic E-state index is 11.1. The minimum atomic E-state index is -0.807. The molecule has 0 radical (unpaired) electrons. The molecular weight excluding hydrogens is 312 g/mol. The Labute approximate surface area is 148 Å². The lowest BCUT2D eigenvalue weighted by atomic mass is 10.0. The number of aromatic nitrogens is 1. The highest BCUT2D eigenvalue weighted by atomic mass is 16.4. The Morgan fingerprint density at radius 1 is 1.16 bits per heavy atom. The Bertz CT molecular complexity index is 725. The monoisotopic (exact) mass is 334 g/mol. The Morgan fingerprint density at radius 2 is 1.96 bits per heavy atom. The number of hydrogen-bond donors (Lipinski definition) is 1. The molecule has 0 amide bonds. The predicted octanol–water partition coefficient (Wildman–Crippen LogP) is 3.62. The molecule has 128 valence electrons. The van der Waals surface area contributed by atoms with E-state index in [0.29, 0.717) is 12.1 Å². The van der Waals surface area contributed by atoms with Crippen LogP contribution >= 0.6 is 0 Å². The number of pyridine rings is 1. The molecule has 0 fully saturated rings. The average Bonchev–Trinajstić information content (AvgIpc) is 2.67. The van der Waals surface area contributed by atoms with Gasteiger partial charge in [-0.25, -0.2) is 4.79 Å². The van der Waals surface area contributed by atoms with Crippen LogP contribution in [0.15, 0.2) is 72.5 Å². The zero-order valence-electron chi connectivity index (χ0n) is 14.1. The number of aliphatic carboxylic acids is 1. The Kier molecular flexibility index (Phi) is 5.75. The molecule has 4 heteroatoms. The van der Waals surface area contributed by atoms with Gasteiger partial charge in [0.1, 0.15) is 0 Å². The van der Waals surface area contributed by atoms with Gasteiger partial charge in [0.05, 0.1) is 5.69 Å². The number of nitrogens with zero attached hydrogens (tertiary/aromatic N) is 2. The number of hydrogen-bond acceptors (Lipinski definition) is 3. The van der Waals surface area contributed by atoms with Gasteiger partial charge >= 0.3 is 5.97 Å². The van der Waals surface area contributed by atoms with Crippen LogP contribution in [0.25, 0.3) is 5.57 Å². The Hall–Kier alpha value is -2.72. The summed E-state index contributed by atoms with van der Waals surface area (Å²) in [5, 5.41) is 9.15. The highest BCUT2D eigenvalue weighted by molar-refractivity contribution is 5.87. The molecule has 0 unspecified atom stereocenters. The second-order valence-electron chi connectivity index (χ2n) is 6.09. The van der Waals surface area contributed by atoms with Crippen molar-refractivity contribution in [2.75, 3.05) is 19.6 Å². The van der Waals surface area contributed by atoms with E-state index in [1.54, 1.807) is 6.20 Å². The summed E-state index contributed by atoms with van der Waals surface area (Å²) in [5.41, 5.74) is 3.72. The molecule has 2 aromatic rings. The number of carboxylic acid groups (broad SMARTS) is 1. The van der Waals surface area contributed by atoms with Crippen molar-refractivity contribution in [1.29, 1.82) is 0 Å². The first kappa shape index (κ1) is 17.1. The molecule has 25 heavy (non-hydrogen) atoms. The molecule has 0 saturated carbocycles. The van der Waals surface area contributed by atoms with Crippen LogP contribution in [0.4, 0.5) is 0 Å². The van der Waals surface area contributed by atoms with Crippen LogP contribution in [0.2, 0.25) is 0 Å². The second kappa shape index (κ2) is 8.40. The summed E-state index contributed by atoms with van der Waals surface area (Å²) in [6, 6.07) is 16.2. The van der Waals surface area contributed by atoms with Crippen LogP contribution in [-0.4, -0.2) is 40.6 Å². The van der Waals surface area contributed by atoms with Gasteiger partial charge in [-0.05, 0) is 30.5 Å². The van der Waals surface area contributed by atoms with E-state index in [4.69, 9.17) is 5.11 Å². The molecular formula is C21H22N2O2. The zero-order chi connectivity index (χ0) is 17.5. The number of carbonyl (C=O) groups is 1. The molecule has 3 rings (SSSR count). The van der Waals surface area contributed by atoms with Gasteiger partial charge in [-0.1, -0.05) is 48.6 Å². The topological polar surface area (TPSA) is 53.4 Å². The molecule has 4 nitrogen and oxygen atoms in total. The van der Waals surface area contributed by atoms with Crippen molar-refractivity contribution in [1.82, 2.24) is 9.88 Å². The van der Waals surface area contributed by atoms with E-state index >= 15 is 0 Å². The number of benzene rings is 1.